The molecule has 0 saturated carbocycles. The SMILES string of the molecule is Nc1ncc(-c2ccc(C(=O)N3CCC(N4CCCC4)CC3)cc2)cc1OCc1cccc(F)c1C(F)(F)F. The first-order chi connectivity index (χ1) is 18.7. The maximum Gasteiger partial charge on any atom is 0.419 e. The number of ether oxygens (including phenoxy) is 1. The molecule has 0 aliphatic carbocycles. The van der Waals surface area contributed by atoms with Crippen LogP contribution < -0.4 is 10.5 Å². The Hall–Kier alpha value is -3.66. The molecular formula is C29H30F4N4O2. The summed E-state index contributed by atoms with van der Waals surface area (Å²) in [6, 6.07) is 12.3. The third-order valence-corrected chi connectivity index (χ3v) is 7.52. The molecule has 0 radical (unpaired) electrons. The quantitative estimate of drug-likeness (QED) is 0.401. The van der Waals surface area contributed by atoms with Gasteiger partial charge < -0.3 is 20.3 Å². The predicted octanol–water partition coefficient (Wildman–Crippen LogP) is 5.77. The van der Waals surface area contributed by atoms with Crippen molar-refractivity contribution < 1.29 is 27.1 Å². The molecule has 10 heteroatoms. The van der Waals surface area contributed by atoms with Crippen LogP contribution in [0.3, 0.4) is 0 Å². The maximum absolute atomic E-state index is 13.9. The number of benzene rings is 2. The number of carbonyl (C=O) groups is 1. The highest BCUT2D eigenvalue weighted by molar-refractivity contribution is 5.94. The number of hydrogen-bond donors (Lipinski definition) is 1. The van der Waals surface area contributed by atoms with Gasteiger partial charge in [0.2, 0.25) is 0 Å². The zero-order chi connectivity index (χ0) is 27.6. The van der Waals surface area contributed by atoms with E-state index in [0.717, 1.165) is 56.7 Å². The van der Waals surface area contributed by atoms with Crippen molar-refractivity contribution in [3.05, 3.63) is 77.2 Å². The average molecular weight is 543 g/mol. The van der Waals surface area contributed by atoms with Crippen LogP contribution in [0.25, 0.3) is 11.1 Å². The molecule has 2 aliphatic rings. The van der Waals surface area contributed by atoms with Crippen LogP contribution in [-0.4, -0.2) is 52.9 Å². The van der Waals surface area contributed by atoms with Crippen molar-refractivity contribution in [2.75, 3.05) is 31.9 Å². The second-order valence-electron chi connectivity index (χ2n) is 10.0. The summed E-state index contributed by atoms with van der Waals surface area (Å²) in [5, 5.41) is 0. The van der Waals surface area contributed by atoms with E-state index in [1.807, 2.05) is 4.90 Å². The number of aromatic nitrogens is 1. The molecule has 3 aromatic rings. The van der Waals surface area contributed by atoms with Crippen LogP contribution in [0.2, 0.25) is 0 Å². The molecule has 6 nitrogen and oxygen atoms in total. The molecule has 2 fully saturated rings. The number of nitrogen functional groups attached to an aromatic ring is 1. The number of halogens is 4. The molecule has 0 unspecified atom stereocenters. The number of alkyl halides is 3. The minimum Gasteiger partial charge on any atom is -0.485 e. The first-order valence-electron chi connectivity index (χ1n) is 13.1. The van der Waals surface area contributed by atoms with Crippen molar-refractivity contribution >= 4 is 11.7 Å². The Kier molecular flexibility index (Phi) is 7.74. The third-order valence-electron chi connectivity index (χ3n) is 7.52. The molecular weight excluding hydrogens is 512 g/mol. The summed E-state index contributed by atoms with van der Waals surface area (Å²) in [5.41, 5.74) is 6.11. The van der Waals surface area contributed by atoms with E-state index in [1.165, 1.54) is 25.1 Å². The molecule has 3 heterocycles. The molecule has 206 valence electrons. The number of nitrogens with two attached hydrogens (primary N) is 1. The highest BCUT2D eigenvalue weighted by Crippen LogP contribution is 2.35. The summed E-state index contributed by atoms with van der Waals surface area (Å²) in [6.07, 6.45) is 1.15. The molecule has 0 bridgehead atoms. The van der Waals surface area contributed by atoms with Crippen LogP contribution in [-0.2, 0) is 12.8 Å². The molecule has 2 N–H and O–H groups in total. The van der Waals surface area contributed by atoms with Crippen LogP contribution in [0, 0.1) is 5.82 Å². The van der Waals surface area contributed by atoms with Gasteiger partial charge in [-0.15, -0.1) is 0 Å². The second-order valence-corrected chi connectivity index (χ2v) is 10.0. The smallest absolute Gasteiger partial charge is 0.419 e. The van der Waals surface area contributed by atoms with Crippen LogP contribution in [0.1, 0.15) is 47.2 Å². The fourth-order valence-corrected chi connectivity index (χ4v) is 5.42. The van der Waals surface area contributed by atoms with Gasteiger partial charge in [0.05, 0.1) is 5.56 Å². The minimum atomic E-state index is -4.86. The lowest BCUT2D eigenvalue weighted by Crippen LogP contribution is -2.45. The zero-order valence-corrected chi connectivity index (χ0v) is 21.4. The van der Waals surface area contributed by atoms with Crippen molar-refractivity contribution in [2.45, 2.75) is 44.5 Å². The zero-order valence-electron chi connectivity index (χ0n) is 21.4. The Balaban J connectivity index is 1.25. The highest BCUT2D eigenvalue weighted by atomic mass is 19.4. The van der Waals surface area contributed by atoms with Gasteiger partial charge in [0.25, 0.3) is 5.91 Å². The predicted molar refractivity (Wildman–Crippen MR) is 140 cm³/mol. The number of likely N-dealkylation sites (tertiary alicyclic amines) is 2. The normalized spacial score (nSPS) is 17.0. The Labute approximate surface area is 224 Å². The monoisotopic (exact) mass is 542 g/mol. The second kappa shape index (κ2) is 11.2. The molecule has 2 aromatic carbocycles. The van der Waals surface area contributed by atoms with Gasteiger partial charge in [0.1, 0.15) is 12.4 Å². The third kappa shape index (κ3) is 6.00. The number of nitrogens with zero attached hydrogens (tertiary/aromatic N) is 3. The molecule has 2 aliphatic heterocycles. The lowest BCUT2D eigenvalue weighted by molar-refractivity contribution is -0.141. The van der Waals surface area contributed by atoms with Crippen molar-refractivity contribution in [3.8, 4) is 16.9 Å². The lowest BCUT2D eigenvalue weighted by atomic mass is 10.0. The number of carbonyl (C=O) groups excluding carboxylic acids is 1. The number of piperidine rings is 1. The first-order valence-corrected chi connectivity index (χ1v) is 13.1. The van der Waals surface area contributed by atoms with Gasteiger partial charge in [-0.3, -0.25) is 4.79 Å². The summed E-state index contributed by atoms with van der Waals surface area (Å²) < 4.78 is 59.4. The fraction of sp³-hybridized carbons (Fsp3) is 0.379. The lowest BCUT2D eigenvalue weighted by Gasteiger charge is -2.36. The number of anilines is 1. The highest BCUT2D eigenvalue weighted by Gasteiger charge is 2.37. The topological polar surface area (TPSA) is 71.7 Å². The van der Waals surface area contributed by atoms with E-state index >= 15 is 0 Å². The molecule has 2 saturated heterocycles. The van der Waals surface area contributed by atoms with Crippen molar-refractivity contribution in [3.63, 3.8) is 0 Å². The van der Waals surface area contributed by atoms with Crippen LogP contribution in [0.15, 0.2) is 54.7 Å². The summed E-state index contributed by atoms with van der Waals surface area (Å²) in [7, 11) is 0. The molecule has 39 heavy (non-hydrogen) atoms. The number of hydrogen-bond acceptors (Lipinski definition) is 5. The van der Waals surface area contributed by atoms with E-state index < -0.39 is 24.2 Å². The molecule has 0 spiro atoms. The van der Waals surface area contributed by atoms with Crippen molar-refractivity contribution in [1.82, 2.24) is 14.8 Å². The summed E-state index contributed by atoms with van der Waals surface area (Å²) >= 11 is 0. The molecule has 1 amide bonds. The number of rotatable bonds is 6. The van der Waals surface area contributed by atoms with Gasteiger partial charge in [-0.25, -0.2) is 9.37 Å². The Morgan fingerprint density at radius 3 is 2.36 bits per heavy atom. The summed E-state index contributed by atoms with van der Waals surface area (Å²) in [5.74, 6) is -1.30. The maximum atomic E-state index is 13.9. The van der Waals surface area contributed by atoms with Crippen molar-refractivity contribution in [2.24, 2.45) is 0 Å². The average Bonchev–Trinajstić information content (AvgIpc) is 3.47. The van der Waals surface area contributed by atoms with E-state index in [0.29, 0.717) is 17.2 Å². The molecule has 5 rings (SSSR count). The largest absolute Gasteiger partial charge is 0.485 e. The summed E-state index contributed by atoms with van der Waals surface area (Å²) in [4.78, 5) is 21.6. The van der Waals surface area contributed by atoms with E-state index in [4.69, 9.17) is 10.5 Å². The molecule has 0 atom stereocenters. The van der Waals surface area contributed by atoms with Crippen LogP contribution >= 0.6 is 0 Å². The van der Waals surface area contributed by atoms with E-state index in [9.17, 15) is 22.4 Å². The molecule has 1 aromatic heterocycles. The van der Waals surface area contributed by atoms with Crippen LogP contribution in [0.5, 0.6) is 5.75 Å². The van der Waals surface area contributed by atoms with Crippen LogP contribution in [0.4, 0.5) is 23.4 Å². The van der Waals surface area contributed by atoms with E-state index in [2.05, 4.69) is 9.88 Å². The Morgan fingerprint density at radius 2 is 1.69 bits per heavy atom. The minimum absolute atomic E-state index is 0.00330. The van der Waals surface area contributed by atoms with Gasteiger partial charge in [0, 0.05) is 42.0 Å². The Morgan fingerprint density at radius 1 is 1.00 bits per heavy atom. The van der Waals surface area contributed by atoms with Gasteiger partial charge in [-0.1, -0.05) is 24.3 Å². The van der Waals surface area contributed by atoms with Gasteiger partial charge in [0.15, 0.2) is 11.6 Å². The van der Waals surface area contributed by atoms with Gasteiger partial charge in [-0.05, 0) is 68.6 Å². The number of amides is 1. The van der Waals surface area contributed by atoms with E-state index in [1.54, 1.807) is 30.3 Å². The van der Waals surface area contributed by atoms with Gasteiger partial charge >= 0.3 is 6.18 Å². The number of pyridine rings is 1. The first kappa shape index (κ1) is 26.9. The van der Waals surface area contributed by atoms with E-state index in [-0.39, 0.29) is 23.0 Å². The van der Waals surface area contributed by atoms with Gasteiger partial charge in [-0.2, -0.15) is 13.2 Å². The standard InChI is InChI=1S/C29H30F4N4O2/c30-24-5-3-4-21(26(24)29(31,32)33)18-39-25-16-22(17-35-27(25)34)19-6-8-20(9-7-19)28(38)37-14-10-23(11-15-37)36-12-1-2-13-36/h3-9,16-17,23H,1-2,10-15,18H2,(H2,34,35). The summed E-state index contributed by atoms with van der Waals surface area (Å²) in [6.45, 7) is 3.26. The Bertz CT molecular complexity index is 1320. The van der Waals surface area contributed by atoms with Crippen molar-refractivity contribution in [1.29, 1.82) is 0 Å². The fourth-order valence-electron chi connectivity index (χ4n) is 5.42.